The molecule has 4 aliphatic carbocycles. The Morgan fingerprint density at radius 3 is 2.45 bits per heavy atom. The van der Waals surface area contributed by atoms with Gasteiger partial charge in [0.05, 0.1) is 5.54 Å². The molecule has 4 saturated carbocycles. The summed E-state index contributed by atoms with van der Waals surface area (Å²) in [5.74, 6) is 5.89. The van der Waals surface area contributed by atoms with Crippen LogP contribution in [0.15, 0.2) is 4.52 Å². The Kier molecular flexibility index (Phi) is 2.25. The lowest BCUT2D eigenvalue weighted by Crippen LogP contribution is -2.39. The molecular formula is C16H23N3O. The maximum atomic E-state index is 6.51. The van der Waals surface area contributed by atoms with Crippen molar-refractivity contribution in [2.24, 2.45) is 29.4 Å². The van der Waals surface area contributed by atoms with Crippen LogP contribution >= 0.6 is 0 Å². The number of hydrogen-bond donors (Lipinski definition) is 1. The van der Waals surface area contributed by atoms with E-state index in [1.54, 1.807) is 0 Å². The Bertz CT molecular complexity index is 518. The normalized spacial score (nSPS) is 44.5. The molecule has 5 rings (SSSR count). The van der Waals surface area contributed by atoms with Crippen molar-refractivity contribution in [2.45, 2.75) is 62.8 Å². The fourth-order valence-corrected chi connectivity index (χ4v) is 5.63. The van der Waals surface area contributed by atoms with E-state index >= 15 is 0 Å². The van der Waals surface area contributed by atoms with E-state index in [2.05, 4.69) is 5.16 Å². The number of nitrogens with zero attached hydrogens (tertiary/aromatic N) is 2. The lowest BCUT2D eigenvalue weighted by Gasteiger charge is -2.29. The summed E-state index contributed by atoms with van der Waals surface area (Å²) in [5.41, 5.74) is 6.20. The molecule has 2 N–H and O–H groups in total. The number of rotatable bonds is 2. The van der Waals surface area contributed by atoms with Gasteiger partial charge in [0.2, 0.25) is 5.89 Å². The van der Waals surface area contributed by atoms with Crippen LogP contribution in [-0.4, -0.2) is 10.1 Å². The van der Waals surface area contributed by atoms with Crippen molar-refractivity contribution in [3.05, 3.63) is 11.7 Å². The van der Waals surface area contributed by atoms with Gasteiger partial charge in [-0.15, -0.1) is 0 Å². The minimum Gasteiger partial charge on any atom is -0.339 e. The predicted octanol–water partition coefficient (Wildman–Crippen LogP) is 2.95. The number of nitrogens with two attached hydrogens (primary N) is 1. The molecule has 0 aromatic carbocycles. The molecule has 4 heteroatoms. The Morgan fingerprint density at radius 2 is 1.75 bits per heavy atom. The quantitative estimate of drug-likeness (QED) is 0.899. The molecule has 0 amide bonds. The van der Waals surface area contributed by atoms with Gasteiger partial charge in [0.15, 0.2) is 5.82 Å². The second-order valence-corrected chi connectivity index (χ2v) is 7.69. The van der Waals surface area contributed by atoms with Crippen molar-refractivity contribution >= 4 is 0 Å². The molecule has 0 radical (unpaired) electrons. The van der Waals surface area contributed by atoms with Gasteiger partial charge in [-0.25, -0.2) is 0 Å². The van der Waals surface area contributed by atoms with Gasteiger partial charge in [-0.05, 0) is 55.8 Å². The maximum absolute atomic E-state index is 6.51. The van der Waals surface area contributed by atoms with Gasteiger partial charge in [0.1, 0.15) is 0 Å². The van der Waals surface area contributed by atoms with E-state index in [4.69, 9.17) is 15.2 Å². The molecule has 4 fully saturated rings. The first-order valence-electron chi connectivity index (χ1n) is 8.39. The molecule has 2 bridgehead atoms. The van der Waals surface area contributed by atoms with Crippen LogP contribution in [-0.2, 0) is 5.54 Å². The van der Waals surface area contributed by atoms with Gasteiger partial charge >= 0.3 is 0 Å². The number of fused-ring (bicyclic) bond motifs is 5. The molecule has 0 spiro atoms. The minimum absolute atomic E-state index is 0.316. The fraction of sp³-hybridized carbons (Fsp3) is 0.875. The molecule has 20 heavy (non-hydrogen) atoms. The lowest BCUT2D eigenvalue weighted by molar-refractivity contribution is 0.272. The van der Waals surface area contributed by atoms with Crippen LogP contribution in [0.25, 0.3) is 0 Å². The van der Waals surface area contributed by atoms with Crippen LogP contribution in [0.2, 0.25) is 0 Å². The third kappa shape index (κ3) is 1.46. The maximum Gasteiger partial charge on any atom is 0.230 e. The highest BCUT2D eigenvalue weighted by atomic mass is 16.5. The molecule has 4 atom stereocenters. The Balaban J connectivity index is 1.39. The van der Waals surface area contributed by atoms with Crippen molar-refractivity contribution in [1.29, 1.82) is 0 Å². The summed E-state index contributed by atoms with van der Waals surface area (Å²) in [6, 6.07) is 0. The zero-order chi connectivity index (χ0) is 13.3. The first-order valence-corrected chi connectivity index (χ1v) is 8.39. The Hall–Kier alpha value is -0.900. The summed E-state index contributed by atoms with van der Waals surface area (Å²) in [6.07, 6.45) is 10.0. The minimum atomic E-state index is -0.316. The van der Waals surface area contributed by atoms with Crippen LogP contribution in [0.1, 0.15) is 69.0 Å². The van der Waals surface area contributed by atoms with Crippen LogP contribution in [0.3, 0.4) is 0 Å². The predicted molar refractivity (Wildman–Crippen MR) is 73.8 cm³/mol. The van der Waals surface area contributed by atoms with Crippen LogP contribution in [0.5, 0.6) is 0 Å². The molecule has 1 aromatic heterocycles. The summed E-state index contributed by atoms with van der Waals surface area (Å²) < 4.78 is 5.63. The SMILES string of the molecule is NC1(c2noc(C3C4C5CCC(C5)C34)n2)CCCCC1. The van der Waals surface area contributed by atoms with E-state index in [0.717, 1.165) is 48.2 Å². The summed E-state index contributed by atoms with van der Waals surface area (Å²) in [4.78, 5) is 4.74. The standard InChI is InChI=1S/C16H23N3O/c17-16(6-2-1-3-7-16)15-18-14(20-19-15)13-11-9-4-5-10(8-9)12(11)13/h9-13H,1-8,17H2. The Morgan fingerprint density at radius 1 is 1.05 bits per heavy atom. The first kappa shape index (κ1) is 11.7. The van der Waals surface area contributed by atoms with Crippen LogP contribution < -0.4 is 5.73 Å². The van der Waals surface area contributed by atoms with Gasteiger partial charge in [-0.1, -0.05) is 24.4 Å². The second kappa shape index (κ2) is 3.85. The monoisotopic (exact) mass is 273 g/mol. The first-order chi connectivity index (χ1) is 9.76. The zero-order valence-corrected chi connectivity index (χ0v) is 11.9. The largest absolute Gasteiger partial charge is 0.339 e. The van der Waals surface area contributed by atoms with Crippen LogP contribution in [0, 0.1) is 23.7 Å². The highest BCUT2D eigenvalue weighted by molar-refractivity contribution is 5.23. The van der Waals surface area contributed by atoms with E-state index in [1.165, 1.54) is 38.5 Å². The average molecular weight is 273 g/mol. The molecular weight excluding hydrogens is 250 g/mol. The highest BCUT2D eigenvalue weighted by Crippen LogP contribution is 2.72. The van der Waals surface area contributed by atoms with Crippen molar-refractivity contribution in [3.63, 3.8) is 0 Å². The molecule has 0 saturated heterocycles. The molecule has 4 aliphatic rings. The van der Waals surface area contributed by atoms with E-state index in [1.807, 2.05) is 0 Å². The molecule has 0 aliphatic heterocycles. The highest BCUT2D eigenvalue weighted by Gasteiger charge is 2.67. The summed E-state index contributed by atoms with van der Waals surface area (Å²) in [6.45, 7) is 0. The van der Waals surface area contributed by atoms with Gasteiger partial charge in [-0.3, -0.25) is 0 Å². The average Bonchev–Trinajstić information content (AvgIpc) is 2.90. The van der Waals surface area contributed by atoms with Crippen LogP contribution in [0.4, 0.5) is 0 Å². The Labute approximate surface area is 119 Å². The topological polar surface area (TPSA) is 64.9 Å². The third-order valence-corrected chi connectivity index (χ3v) is 6.65. The van der Waals surface area contributed by atoms with Gasteiger partial charge in [-0.2, -0.15) is 4.98 Å². The van der Waals surface area contributed by atoms with Crippen molar-refractivity contribution in [1.82, 2.24) is 10.1 Å². The second-order valence-electron chi connectivity index (χ2n) is 7.69. The molecule has 108 valence electrons. The van der Waals surface area contributed by atoms with Gasteiger partial charge < -0.3 is 10.3 Å². The summed E-state index contributed by atoms with van der Waals surface area (Å²) in [7, 11) is 0. The van der Waals surface area contributed by atoms with E-state index in [9.17, 15) is 0 Å². The summed E-state index contributed by atoms with van der Waals surface area (Å²) in [5, 5.41) is 4.26. The molecule has 1 aromatic rings. The fourth-order valence-electron chi connectivity index (χ4n) is 5.63. The lowest BCUT2D eigenvalue weighted by atomic mass is 9.82. The van der Waals surface area contributed by atoms with E-state index < -0.39 is 0 Å². The molecule has 1 heterocycles. The van der Waals surface area contributed by atoms with Gasteiger partial charge in [0, 0.05) is 5.92 Å². The number of aromatic nitrogens is 2. The van der Waals surface area contributed by atoms with Crippen molar-refractivity contribution < 1.29 is 4.52 Å². The number of hydrogen-bond acceptors (Lipinski definition) is 4. The zero-order valence-electron chi connectivity index (χ0n) is 11.9. The smallest absolute Gasteiger partial charge is 0.230 e. The van der Waals surface area contributed by atoms with Gasteiger partial charge in [0.25, 0.3) is 0 Å². The molecule has 4 nitrogen and oxygen atoms in total. The van der Waals surface area contributed by atoms with E-state index in [-0.39, 0.29) is 5.54 Å². The van der Waals surface area contributed by atoms with E-state index in [0.29, 0.717) is 5.92 Å². The third-order valence-electron chi connectivity index (χ3n) is 6.65. The van der Waals surface area contributed by atoms with Crippen molar-refractivity contribution in [3.8, 4) is 0 Å². The van der Waals surface area contributed by atoms with Crippen molar-refractivity contribution in [2.75, 3.05) is 0 Å². The molecule has 4 unspecified atom stereocenters. The summed E-state index contributed by atoms with van der Waals surface area (Å²) >= 11 is 0.